The first-order valence-corrected chi connectivity index (χ1v) is 17.0. The molecule has 0 spiro atoms. The van der Waals surface area contributed by atoms with Gasteiger partial charge in [-0.1, -0.05) is 109 Å². The minimum absolute atomic E-state index is 0.792. The standard InChI is InChI=1S/C46H28N4O/c1-2-16-33-29(12-1)13-10-19-35(33)45-46-43(36-17-3-4-23-42(36)51-46)37-20-11-18-34(44(37)50-45)31-15-9-14-30(26-31)32-27-40(38-21-5-7-24-47-38)49-41(28-32)39-22-6-8-25-48-39/h1-28H. The van der Waals surface area contributed by atoms with Gasteiger partial charge in [0, 0.05) is 39.7 Å². The van der Waals surface area contributed by atoms with Gasteiger partial charge in [0.25, 0.3) is 0 Å². The first-order chi connectivity index (χ1) is 25.3. The Kier molecular flexibility index (Phi) is 6.74. The highest BCUT2D eigenvalue weighted by Gasteiger charge is 2.21. The van der Waals surface area contributed by atoms with E-state index in [-0.39, 0.29) is 0 Å². The predicted molar refractivity (Wildman–Crippen MR) is 207 cm³/mol. The summed E-state index contributed by atoms with van der Waals surface area (Å²) >= 11 is 0. The van der Waals surface area contributed by atoms with Gasteiger partial charge in [0.05, 0.1) is 28.3 Å². The summed E-state index contributed by atoms with van der Waals surface area (Å²) in [7, 11) is 0. The Labute approximate surface area is 293 Å². The third kappa shape index (κ3) is 4.94. The SMILES string of the molecule is c1ccc(-c2cc(-c3cccc(-c4cccc5c4nc(-c4cccc6ccccc46)c4oc6ccccc6c45)c3)cc(-c3ccccn3)n2)nc1. The largest absolute Gasteiger partial charge is 0.454 e. The molecule has 0 aliphatic rings. The van der Waals surface area contributed by atoms with Crippen LogP contribution in [0.15, 0.2) is 175 Å². The van der Waals surface area contributed by atoms with Crippen LogP contribution in [0.4, 0.5) is 0 Å². The summed E-state index contributed by atoms with van der Waals surface area (Å²) in [4.78, 5) is 19.7. The molecule has 10 rings (SSSR count). The van der Waals surface area contributed by atoms with Crippen LogP contribution in [-0.4, -0.2) is 19.9 Å². The minimum atomic E-state index is 0.792. The van der Waals surface area contributed by atoms with Crippen molar-refractivity contribution in [2.45, 2.75) is 0 Å². The highest BCUT2D eigenvalue weighted by molar-refractivity contribution is 6.23. The summed E-state index contributed by atoms with van der Waals surface area (Å²) in [5.74, 6) is 0. The minimum Gasteiger partial charge on any atom is -0.454 e. The normalized spacial score (nSPS) is 11.5. The molecule has 10 aromatic rings. The van der Waals surface area contributed by atoms with Gasteiger partial charge in [-0.2, -0.15) is 0 Å². The van der Waals surface area contributed by atoms with E-state index < -0.39 is 0 Å². The van der Waals surface area contributed by atoms with Crippen molar-refractivity contribution in [1.29, 1.82) is 0 Å². The van der Waals surface area contributed by atoms with Gasteiger partial charge in [-0.3, -0.25) is 9.97 Å². The van der Waals surface area contributed by atoms with E-state index in [1.54, 1.807) is 12.4 Å². The smallest absolute Gasteiger partial charge is 0.162 e. The first-order valence-electron chi connectivity index (χ1n) is 17.0. The molecule has 0 saturated heterocycles. The third-order valence-corrected chi connectivity index (χ3v) is 9.57. The quantitative estimate of drug-likeness (QED) is 0.185. The van der Waals surface area contributed by atoms with Gasteiger partial charge in [-0.05, 0) is 76.0 Å². The van der Waals surface area contributed by atoms with Crippen molar-refractivity contribution in [2.24, 2.45) is 0 Å². The molecule has 51 heavy (non-hydrogen) atoms. The van der Waals surface area contributed by atoms with Gasteiger partial charge in [-0.15, -0.1) is 0 Å². The van der Waals surface area contributed by atoms with Crippen molar-refractivity contribution in [1.82, 2.24) is 19.9 Å². The second kappa shape index (κ2) is 11.9. The molecule has 0 saturated carbocycles. The molecule has 0 fully saturated rings. The van der Waals surface area contributed by atoms with Gasteiger partial charge in [0.15, 0.2) is 5.58 Å². The molecule has 5 heterocycles. The van der Waals surface area contributed by atoms with Crippen LogP contribution in [0.5, 0.6) is 0 Å². The Morgan fingerprint density at radius 3 is 1.82 bits per heavy atom. The summed E-state index contributed by atoms with van der Waals surface area (Å²) in [5.41, 5.74) is 11.9. The molecule has 5 heteroatoms. The molecule has 0 amide bonds. The first kappa shape index (κ1) is 29.0. The molecular weight excluding hydrogens is 625 g/mol. The predicted octanol–water partition coefficient (Wildman–Crippen LogP) is 11.8. The summed E-state index contributed by atoms with van der Waals surface area (Å²) in [6, 6.07) is 54.2. The van der Waals surface area contributed by atoms with E-state index in [4.69, 9.17) is 14.4 Å². The molecule has 0 aliphatic carbocycles. The van der Waals surface area contributed by atoms with Gasteiger partial charge < -0.3 is 4.42 Å². The summed E-state index contributed by atoms with van der Waals surface area (Å²) in [5, 5.41) is 5.51. The second-order valence-electron chi connectivity index (χ2n) is 12.6. The van der Waals surface area contributed by atoms with Crippen molar-refractivity contribution in [2.75, 3.05) is 0 Å². The number of hydrogen-bond donors (Lipinski definition) is 0. The van der Waals surface area contributed by atoms with Gasteiger partial charge in [-0.25, -0.2) is 9.97 Å². The van der Waals surface area contributed by atoms with E-state index >= 15 is 0 Å². The van der Waals surface area contributed by atoms with Crippen molar-refractivity contribution < 1.29 is 4.42 Å². The van der Waals surface area contributed by atoms with Crippen LogP contribution in [0.1, 0.15) is 0 Å². The Bertz CT molecular complexity index is 2850. The number of nitrogens with zero attached hydrogens (tertiary/aromatic N) is 4. The zero-order valence-electron chi connectivity index (χ0n) is 27.4. The fraction of sp³-hybridized carbons (Fsp3) is 0. The number of hydrogen-bond acceptors (Lipinski definition) is 5. The van der Waals surface area contributed by atoms with Crippen LogP contribution >= 0.6 is 0 Å². The maximum atomic E-state index is 6.63. The Balaban J connectivity index is 1.21. The zero-order chi connectivity index (χ0) is 33.7. The van der Waals surface area contributed by atoms with Crippen molar-refractivity contribution >= 4 is 43.6 Å². The summed E-state index contributed by atoms with van der Waals surface area (Å²) < 4.78 is 6.63. The van der Waals surface area contributed by atoms with Crippen LogP contribution in [0.3, 0.4) is 0 Å². The maximum Gasteiger partial charge on any atom is 0.162 e. The highest BCUT2D eigenvalue weighted by atomic mass is 16.3. The van der Waals surface area contributed by atoms with Crippen LogP contribution in [0, 0.1) is 0 Å². The van der Waals surface area contributed by atoms with Crippen LogP contribution in [-0.2, 0) is 0 Å². The molecule has 5 aromatic carbocycles. The summed E-state index contributed by atoms with van der Waals surface area (Å²) in [6.45, 7) is 0. The van der Waals surface area contributed by atoms with Crippen LogP contribution in [0.25, 0.3) is 99.9 Å². The van der Waals surface area contributed by atoms with Crippen molar-refractivity contribution in [3.8, 4) is 56.3 Å². The monoisotopic (exact) mass is 652 g/mol. The van der Waals surface area contributed by atoms with E-state index in [1.165, 1.54) is 0 Å². The number of rotatable bonds is 5. The molecular formula is C46H28N4O. The molecule has 5 aromatic heterocycles. The fourth-order valence-corrected chi connectivity index (χ4v) is 7.21. The van der Waals surface area contributed by atoms with E-state index in [9.17, 15) is 0 Å². The number of fused-ring (bicyclic) bond motifs is 6. The summed E-state index contributed by atoms with van der Waals surface area (Å²) in [6.07, 6.45) is 3.59. The molecule has 0 atom stereocenters. The number of furan rings is 1. The average molecular weight is 653 g/mol. The molecule has 0 unspecified atom stereocenters. The molecule has 0 aliphatic heterocycles. The van der Waals surface area contributed by atoms with E-state index in [1.807, 2.05) is 48.5 Å². The zero-order valence-corrected chi connectivity index (χ0v) is 27.4. The van der Waals surface area contributed by atoms with Gasteiger partial charge >= 0.3 is 0 Å². The lowest BCUT2D eigenvalue weighted by molar-refractivity contribution is 0.669. The van der Waals surface area contributed by atoms with Gasteiger partial charge in [0.1, 0.15) is 11.3 Å². The fourth-order valence-electron chi connectivity index (χ4n) is 7.21. The van der Waals surface area contributed by atoms with E-state index in [0.29, 0.717) is 0 Å². The highest BCUT2D eigenvalue weighted by Crippen LogP contribution is 2.43. The Hall–Kier alpha value is -6.98. The second-order valence-corrected chi connectivity index (χ2v) is 12.6. The lowest BCUT2D eigenvalue weighted by atomic mass is 9.94. The molecule has 0 N–H and O–H groups in total. The Morgan fingerprint density at radius 1 is 0.412 bits per heavy atom. The molecule has 238 valence electrons. The molecule has 5 nitrogen and oxygen atoms in total. The van der Waals surface area contributed by atoms with Crippen LogP contribution < -0.4 is 0 Å². The Morgan fingerprint density at radius 2 is 1.04 bits per heavy atom. The molecule has 0 radical (unpaired) electrons. The van der Waals surface area contributed by atoms with Gasteiger partial charge in [0.2, 0.25) is 0 Å². The lowest BCUT2D eigenvalue weighted by Gasteiger charge is -2.13. The topological polar surface area (TPSA) is 64.7 Å². The van der Waals surface area contributed by atoms with Crippen molar-refractivity contribution in [3.63, 3.8) is 0 Å². The average Bonchev–Trinajstić information content (AvgIpc) is 3.61. The maximum absolute atomic E-state index is 6.63. The third-order valence-electron chi connectivity index (χ3n) is 9.57. The van der Waals surface area contributed by atoms with E-state index in [0.717, 1.165) is 99.9 Å². The number of benzene rings is 5. The lowest BCUT2D eigenvalue weighted by Crippen LogP contribution is -1.94. The number of para-hydroxylation sites is 2. The number of pyridine rings is 4. The molecule has 0 bridgehead atoms. The van der Waals surface area contributed by atoms with Crippen molar-refractivity contribution in [3.05, 3.63) is 170 Å². The van der Waals surface area contributed by atoms with E-state index in [2.05, 4.69) is 119 Å². The number of aromatic nitrogens is 4. The van der Waals surface area contributed by atoms with Crippen LogP contribution in [0.2, 0.25) is 0 Å².